The zero-order chi connectivity index (χ0) is 23.2. The molecular weight excluding hydrogens is 418 g/mol. The van der Waals surface area contributed by atoms with E-state index in [1.54, 1.807) is 30.3 Å². The number of aromatic nitrogens is 2. The zero-order valence-electron chi connectivity index (χ0n) is 18.4. The molecule has 0 atom stereocenters. The van der Waals surface area contributed by atoms with Gasteiger partial charge in [0.2, 0.25) is 11.8 Å². The molecule has 0 aliphatic rings. The van der Waals surface area contributed by atoms with E-state index >= 15 is 0 Å². The molecule has 0 saturated carbocycles. The van der Waals surface area contributed by atoms with Crippen LogP contribution in [0.4, 0.5) is 5.69 Å². The first kappa shape index (κ1) is 22.0. The first-order chi connectivity index (χ1) is 16.0. The monoisotopic (exact) mass is 441 g/mol. The largest absolute Gasteiger partial charge is 0.452 e. The van der Waals surface area contributed by atoms with E-state index < -0.39 is 11.9 Å². The molecule has 1 amide bonds. The Balaban J connectivity index is 1.35. The standard InChI is InChI=1S/C26H23N3O4/c1-3-18-8-6-9-21(15-18)27-23(30)16-32-26(31)20-13-11-19(12-14-20)24-28-29-25(33-24)22-10-5-4-7-17(22)2/h4-15H,3,16H2,1-2H3,(H,27,30). The lowest BCUT2D eigenvalue weighted by atomic mass is 10.1. The predicted molar refractivity (Wildman–Crippen MR) is 125 cm³/mol. The van der Waals surface area contributed by atoms with Gasteiger partial charge in [0.25, 0.3) is 5.91 Å². The van der Waals surface area contributed by atoms with Crippen molar-refractivity contribution in [3.63, 3.8) is 0 Å². The predicted octanol–water partition coefficient (Wildman–Crippen LogP) is 5.07. The maximum Gasteiger partial charge on any atom is 0.338 e. The van der Waals surface area contributed by atoms with Crippen molar-refractivity contribution in [2.24, 2.45) is 0 Å². The molecule has 1 heterocycles. The smallest absolute Gasteiger partial charge is 0.338 e. The topological polar surface area (TPSA) is 94.3 Å². The van der Waals surface area contributed by atoms with Gasteiger partial charge in [-0.3, -0.25) is 4.79 Å². The van der Waals surface area contributed by atoms with Crippen molar-refractivity contribution in [3.8, 4) is 22.9 Å². The summed E-state index contributed by atoms with van der Waals surface area (Å²) in [4.78, 5) is 24.4. The van der Waals surface area contributed by atoms with Crippen LogP contribution >= 0.6 is 0 Å². The number of ether oxygens (including phenoxy) is 1. The second-order valence-electron chi connectivity index (χ2n) is 7.48. The highest BCUT2D eigenvalue weighted by atomic mass is 16.5. The minimum atomic E-state index is -0.592. The van der Waals surface area contributed by atoms with Crippen LogP contribution < -0.4 is 5.32 Å². The molecule has 0 fully saturated rings. The summed E-state index contributed by atoms with van der Waals surface area (Å²) in [5.74, 6) is -0.211. The number of esters is 1. The maximum absolute atomic E-state index is 12.3. The Kier molecular flexibility index (Phi) is 6.59. The van der Waals surface area contributed by atoms with Crippen molar-refractivity contribution in [2.75, 3.05) is 11.9 Å². The first-order valence-electron chi connectivity index (χ1n) is 10.6. The van der Waals surface area contributed by atoms with Crippen LogP contribution in [0.15, 0.2) is 77.2 Å². The number of amides is 1. The van der Waals surface area contributed by atoms with Gasteiger partial charge in [-0.15, -0.1) is 10.2 Å². The lowest BCUT2D eigenvalue weighted by Crippen LogP contribution is -2.21. The van der Waals surface area contributed by atoms with E-state index in [2.05, 4.69) is 15.5 Å². The van der Waals surface area contributed by atoms with Crippen molar-refractivity contribution in [1.29, 1.82) is 0 Å². The van der Waals surface area contributed by atoms with Crippen LogP contribution in [0.3, 0.4) is 0 Å². The Morgan fingerprint density at radius 1 is 0.939 bits per heavy atom. The van der Waals surface area contributed by atoms with E-state index in [0.717, 1.165) is 23.1 Å². The quantitative estimate of drug-likeness (QED) is 0.403. The highest BCUT2D eigenvalue weighted by Gasteiger charge is 2.14. The van der Waals surface area contributed by atoms with Gasteiger partial charge in [0.1, 0.15) is 0 Å². The number of nitrogens with one attached hydrogen (secondary N) is 1. The van der Waals surface area contributed by atoms with Gasteiger partial charge in [0.05, 0.1) is 5.56 Å². The van der Waals surface area contributed by atoms with Crippen molar-refractivity contribution in [3.05, 3.63) is 89.5 Å². The lowest BCUT2D eigenvalue weighted by Gasteiger charge is -2.08. The van der Waals surface area contributed by atoms with E-state index in [1.165, 1.54) is 0 Å². The summed E-state index contributed by atoms with van der Waals surface area (Å²) in [5, 5.41) is 11.0. The normalized spacial score (nSPS) is 10.6. The Morgan fingerprint density at radius 2 is 1.70 bits per heavy atom. The Hall–Kier alpha value is -4.26. The Morgan fingerprint density at radius 3 is 2.45 bits per heavy atom. The second kappa shape index (κ2) is 9.91. The summed E-state index contributed by atoms with van der Waals surface area (Å²) in [6.45, 7) is 3.64. The van der Waals surface area contributed by atoms with Crippen LogP contribution in [0.2, 0.25) is 0 Å². The third-order valence-corrected chi connectivity index (χ3v) is 5.12. The van der Waals surface area contributed by atoms with E-state index in [0.29, 0.717) is 28.6 Å². The number of hydrogen-bond acceptors (Lipinski definition) is 6. The van der Waals surface area contributed by atoms with Gasteiger partial charge in [0.15, 0.2) is 6.61 Å². The van der Waals surface area contributed by atoms with Crippen LogP contribution in [0.25, 0.3) is 22.9 Å². The number of aryl methyl sites for hydroxylation is 2. The number of benzene rings is 3. The molecule has 1 aromatic heterocycles. The molecule has 0 aliphatic carbocycles. The number of carbonyl (C=O) groups excluding carboxylic acids is 2. The summed E-state index contributed by atoms with van der Waals surface area (Å²) in [7, 11) is 0. The molecule has 0 aliphatic heterocycles. The summed E-state index contributed by atoms with van der Waals surface area (Å²) in [6, 6.07) is 21.9. The molecule has 0 bridgehead atoms. The van der Waals surface area contributed by atoms with Crippen LogP contribution in [0.5, 0.6) is 0 Å². The van der Waals surface area contributed by atoms with E-state index in [4.69, 9.17) is 9.15 Å². The average Bonchev–Trinajstić information content (AvgIpc) is 3.33. The molecule has 7 nitrogen and oxygen atoms in total. The first-order valence-corrected chi connectivity index (χ1v) is 10.6. The van der Waals surface area contributed by atoms with Crippen LogP contribution in [0.1, 0.15) is 28.4 Å². The fourth-order valence-corrected chi connectivity index (χ4v) is 3.29. The van der Waals surface area contributed by atoms with Crippen LogP contribution in [0, 0.1) is 6.92 Å². The number of nitrogens with zero attached hydrogens (tertiary/aromatic N) is 2. The molecule has 3 aromatic carbocycles. The van der Waals surface area contributed by atoms with Crippen LogP contribution in [-0.4, -0.2) is 28.7 Å². The number of rotatable bonds is 7. The molecule has 0 unspecified atom stereocenters. The van der Waals surface area contributed by atoms with E-state index in [1.807, 2.05) is 56.3 Å². The third-order valence-electron chi connectivity index (χ3n) is 5.12. The minimum absolute atomic E-state index is 0.318. The molecule has 166 valence electrons. The van der Waals surface area contributed by atoms with Gasteiger partial charge in [-0.25, -0.2) is 4.79 Å². The van der Waals surface area contributed by atoms with E-state index in [-0.39, 0.29) is 6.61 Å². The fourth-order valence-electron chi connectivity index (χ4n) is 3.29. The molecule has 4 aromatic rings. The molecule has 0 spiro atoms. The summed E-state index contributed by atoms with van der Waals surface area (Å²) in [5.41, 5.74) is 4.68. The number of anilines is 1. The fraction of sp³-hybridized carbons (Fsp3) is 0.154. The van der Waals surface area contributed by atoms with Crippen molar-refractivity contribution in [1.82, 2.24) is 10.2 Å². The molecular formula is C26H23N3O4. The van der Waals surface area contributed by atoms with Gasteiger partial charge in [-0.1, -0.05) is 37.3 Å². The second-order valence-corrected chi connectivity index (χ2v) is 7.48. The van der Waals surface area contributed by atoms with Gasteiger partial charge >= 0.3 is 5.97 Å². The molecule has 7 heteroatoms. The highest BCUT2D eigenvalue weighted by molar-refractivity contribution is 5.95. The van der Waals surface area contributed by atoms with E-state index in [9.17, 15) is 9.59 Å². The molecule has 33 heavy (non-hydrogen) atoms. The molecule has 1 N–H and O–H groups in total. The average molecular weight is 441 g/mol. The minimum Gasteiger partial charge on any atom is -0.452 e. The maximum atomic E-state index is 12.3. The lowest BCUT2D eigenvalue weighted by molar-refractivity contribution is -0.119. The van der Waals surface area contributed by atoms with Gasteiger partial charge in [-0.2, -0.15) is 0 Å². The summed E-state index contributed by atoms with van der Waals surface area (Å²) < 4.78 is 10.9. The molecule has 0 saturated heterocycles. The third kappa shape index (κ3) is 5.33. The summed E-state index contributed by atoms with van der Waals surface area (Å²) in [6.07, 6.45) is 0.867. The summed E-state index contributed by atoms with van der Waals surface area (Å²) >= 11 is 0. The molecule has 4 rings (SSSR count). The van der Waals surface area contributed by atoms with Crippen molar-refractivity contribution < 1.29 is 18.7 Å². The van der Waals surface area contributed by atoms with Crippen LogP contribution in [-0.2, 0) is 16.0 Å². The van der Waals surface area contributed by atoms with Gasteiger partial charge in [0, 0.05) is 16.8 Å². The Bertz CT molecular complexity index is 1280. The number of carbonyl (C=O) groups is 2. The molecule has 0 radical (unpaired) electrons. The SMILES string of the molecule is CCc1cccc(NC(=O)COC(=O)c2ccc(-c3nnc(-c4ccccc4C)o3)cc2)c1. The highest BCUT2D eigenvalue weighted by Crippen LogP contribution is 2.26. The number of hydrogen-bond donors (Lipinski definition) is 1. The van der Waals surface area contributed by atoms with Crippen molar-refractivity contribution in [2.45, 2.75) is 20.3 Å². The van der Waals surface area contributed by atoms with Gasteiger partial charge in [-0.05, 0) is 66.9 Å². The zero-order valence-corrected chi connectivity index (χ0v) is 18.4. The van der Waals surface area contributed by atoms with Crippen molar-refractivity contribution >= 4 is 17.6 Å². The van der Waals surface area contributed by atoms with Gasteiger partial charge < -0.3 is 14.5 Å². The Labute approximate surface area is 191 Å².